The van der Waals surface area contributed by atoms with E-state index in [1.54, 1.807) is 6.20 Å². The van der Waals surface area contributed by atoms with Crippen LogP contribution in [0.1, 0.15) is 43.7 Å². The summed E-state index contributed by atoms with van der Waals surface area (Å²) < 4.78 is 0. The van der Waals surface area contributed by atoms with Crippen LogP contribution in [-0.2, 0) is 4.79 Å². The lowest BCUT2D eigenvalue weighted by atomic mass is 9.90. The molecule has 0 unspecified atom stereocenters. The molecule has 1 heterocycles. The molecule has 0 bridgehead atoms. The highest BCUT2D eigenvalue weighted by molar-refractivity contribution is 5.98. The van der Waals surface area contributed by atoms with Crippen molar-refractivity contribution in [2.75, 3.05) is 23.3 Å². The second-order valence-electron chi connectivity index (χ2n) is 7.14. The van der Waals surface area contributed by atoms with E-state index in [1.165, 1.54) is 0 Å². The number of benzene rings is 2. The highest BCUT2D eigenvalue weighted by atomic mass is 16.1. The summed E-state index contributed by atoms with van der Waals surface area (Å²) in [5, 5.41) is 3.05. The fourth-order valence-electron chi connectivity index (χ4n) is 3.53. The maximum Gasteiger partial charge on any atom is 0.236 e. The molecule has 3 rings (SSSR count). The first kappa shape index (κ1) is 20.6. The fraction of sp³-hybridized carbons (Fsp3) is 0.280. The number of nitrogens with one attached hydrogen (secondary N) is 1. The third-order valence-corrected chi connectivity index (χ3v) is 4.85. The van der Waals surface area contributed by atoms with Crippen molar-refractivity contribution in [1.82, 2.24) is 4.98 Å². The van der Waals surface area contributed by atoms with E-state index < -0.39 is 0 Å². The second-order valence-corrected chi connectivity index (χ2v) is 7.14. The van der Waals surface area contributed by atoms with Crippen molar-refractivity contribution in [2.45, 2.75) is 32.6 Å². The van der Waals surface area contributed by atoms with Crippen molar-refractivity contribution in [3.63, 3.8) is 0 Å². The van der Waals surface area contributed by atoms with Gasteiger partial charge in [-0.25, -0.2) is 4.98 Å². The molecule has 1 N–H and O–H groups in total. The molecule has 150 valence electrons. The molecule has 0 aliphatic rings. The predicted molar refractivity (Wildman–Crippen MR) is 120 cm³/mol. The summed E-state index contributed by atoms with van der Waals surface area (Å²) in [5.74, 6) is 0.527. The third kappa shape index (κ3) is 5.44. The van der Waals surface area contributed by atoms with E-state index in [-0.39, 0.29) is 11.8 Å². The number of carbonyl (C=O) groups excluding carboxylic acids is 1. The van der Waals surface area contributed by atoms with E-state index in [2.05, 4.69) is 29.0 Å². The molecule has 0 saturated carbocycles. The van der Waals surface area contributed by atoms with Gasteiger partial charge in [0, 0.05) is 13.1 Å². The molecule has 1 aromatic heterocycles. The zero-order valence-electron chi connectivity index (χ0n) is 17.2. The number of aromatic nitrogens is 1. The summed E-state index contributed by atoms with van der Waals surface area (Å²) in [5.41, 5.74) is 2.65. The molecular formula is C25H29N3O. The number of nitrogens with zero attached hydrogens (tertiary/aromatic N) is 2. The van der Waals surface area contributed by atoms with Crippen LogP contribution < -0.4 is 10.2 Å². The maximum atomic E-state index is 13.2. The van der Waals surface area contributed by atoms with Crippen LogP contribution in [0.5, 0.6) is 0 Å². The molecule has 0 fully saturated rings. The Bertz CT molecular complexity index is 833. The monoisotopic (exact) mass is 387 g/mol. The molecule has 0 atom stereocenters. The fourth-order valence-corrected chi connectivity index (χ4v) is 3.53. The van der Waals surface area contributed by atoms with Crippen LogP contribution in [0.2, 0.25) is 0 Å². The molecular weight excluding hydrogens is 358 g/mol. The molecule has 0 saturated heterocycles. The van der Waals surface area contributed by atoms with Crippen LogP contribution in [0.3, 0.4) is 0 Å². The molecule has 0 radical (unpaired) electrons. The average Bonchev–Trinajstić information content (AvgIpc) is 2.76. The van der Waals surface area contributed by atoms with Gasteiger partial charge >= 0.3 is 0 Å². The van der Waals surface area contributed by atoms with E-state index >= 15 is 0 Å². The quantitative estimate of drug-likeness (QED) is 0.529. The second kappa shape index (κ2) is 10.4. The first-order valence-corrected chi connectivity index (χ1v) is 10.3. The van der Waals surface area contributed by atoms with Crippen LogP contribution in [-0.4, -0.2) is 24.0 Å². The van der Waals surface area contributed by atoms with Gasteiger partial charge in [-0.1, -0.05) is 74.5 Å². The highest BCUT2D eigenvalue weighted by Gasteiger charge is 2.22. The molecule has 29 heavy (non-hydrogen) atoms. The van der Waals surface area contributed by atoms with Gasteiger partial charge in [0.2, 0.25) is 5.91 Å². The number of amides is 1. The first-order valence-electron chi connectivity index (χ1n) is 10.3. The van der Waals surface area contributed by atoms with Crippen molar-refractivity contribution >= 4 is 17.4 Å². The summed E-state index contributed by atoms with van der Waals surface area (Å²) in [6, 6.07) is 23.7. The minimum absolute atomic E-state index is 0.0593. The van der Waals surface area contributed by atoms with E-state index in [1.807, 2.05) is 72.8 Å². The van der Waals surface area contributed by atoms with Crippen LogP contribution in [0.15, 0.2) is 79.0 Å². The van der Waals surface area contributed by atoms with Crippen molar-refractivity contribution < 1.29 is 4.79 Å². The standard InChI is InChI=1S/C25H29N3O/c1-3-17-28(18-4-2)23-16-15-22(19-26-23)27-25(29)24(20-11-7-5-8-12-20)21-13-9-6-10-14-21/h5-16,19,24H,3-4,17-18H2,1-2H3,(H,27,29). The Kier molecular flexibility index (Phi) is 7.40. The van der Waals surface area contributed by atoms with Crippen molar-refractivity contribution in [3.05, 3.63) is 90.1 Å². The van der Waals surface area contributed by atoms with Crippen LogP contribution in [0.4, 0.5) is 11.5 Å². The molecule has 2 aromatic carbocycles. The Labute approximate surface area is 173 Å². The number of anilines is 2. The van der Waals surface area contributed by atoms with Crippen LogP contribution in [0.25, 0.3) is 0 Å². The molecule has 1 amide bonds. The lowest BCUT2D eigenvalue weighted by Gasteiger charge is -2.23. The number of hydrogen-bond donors (Lipinski definition) is 1. The Hall–Kier alpha value is -3.14. The Morgan fingerprint density at radius 1 is 0.862 bits per heavy atom. The minimum Gasteiger partial charge on any atom is -0.357 e. The maximum absolute atomic E-state index is 13.2. The normalized spacial score (nSPS) is 10.7. The Morgan fingerprint density at radius 3 is 1.86 bits per heavy atom. The lowest BCUT2D eigenvalue weighted by molar-refractivity contribution is -0.116. The molecule has 4 nitrogen and oxygen atoms in total. The zero-order chi connectivity index (χ0) is 20.5. The van der Waals surface area contributed by atoms with Crippen molar-refractivity contribution in [3.8, 4) is 0 Å². The van der Waals surface area contributed by atoms with Crippen molar-refractivity contribution in [2.24, 2.45) is 0 Å². The first-order chi connectivity index (χ1) is 14.2. The van der Waals surface area contributed by atoms with E-state index in [0.29, 0.717) is 5.69 Å². The third-order valence-electron chi connectivity index (χ3n) is 4.85. The summed E-state index contributed by atoms with van der Waals surface area (Å²) in [6.07, 6.45) is 3.91. The van der Waals surface area contributed by atoms with E-state index in [0.717, 1.165) is 42.9 Å². The SMILES string of the molecule is CCCN(CCC)c1ccc(NC(=O)C(c2ccccc2)c2ccccc2)cn1. The molecule has 0 aliphatic heterocycles. The van der Waals surface area contributed by atoms with Gasteiger partial charge in [-0.3, -0.25) is 4.79 Å². The summed E-state index contributed by atoms with van der Waals surface area (Å²) in [6.45, 7) is 6.31. The van der Waals surface area contributed by atoms with Crippen LogP contribution in [0, 0.1) is 0 Å². The predicted octanol–water partition coefficient (Wildman–Crippen LogP) is 5.48. The van der Waals surface area contributed by atoms with Gasteiger partial charge in [-0.2, -0.15) is 0 Å². The summed E-state index contributed by atoms with van der Waals surface area (Å²) in [7, 11) is 0. The Morgan fingerprint density at radius 2 is 1.41 bits per heavy atom. The van der Waals surface area contributed by atoms with Crippen molar-refractivity contribution in [1.29, 1.82) is 0 Å². The molecule has 0 spiro atoms. The number of carbonyl (C=O) groups is 1. The molecule has 0 aliphatic carbocycles. The summed E-state index contributed by atoms with van der Waals surface area (Å²) >= 11 is 0. The zero-order valence-corrected chi connectivity index (χ0v) is 17.2. The molecule has 3 aromatic rings. The smallest absolute Gasteiger partial charge is 0.236 e. The van der Waals surface area contributed by atoms with E-state index in [4.69, 9.17) is 0 Å². The minimum atomic E-state index is -0.367. The number of pyridine rings is 1. The topological polar surface area (TPSA) is 45.2 Å². The average molecular weight is 388 g/mol. The van der Waals surface area contributed by atoms with Gasteiger partial charge in [0.25, 0.3) is 0 Å². The molecule has 4 heteroatoms. The lowest BCUT2D eigenvalue weighted by Crippen LogP contribution is -2.26. The Balaban J connectivity index is 1.79. The van der Waals surface area contributed by atoms with Gasteiger partial charge in [0.15, 0.2) is 0 Å². The van der Waals surface area contributed by atoms with Crippen LogP contribution >= 0.6 is 0 Å². The van der Waals surface area contributed by atoms with Gasteiger partial charge in [0.1, 0.15) is 5.82 Å². The highest BCUT2D eigenvalue weighted by Crippen LogP contribution is 2.26. The van der Waals surface area contributed by atoms with Gasteiger partial charge in [0.05, 0.1) is 17.8 Å². The number of hydrogen-bond acceptors (Lipinski definition) is 3. The van der Waals surface area contributed by atoms with Gasteiger partial charge in [-0.15, -0.1) is 0 Å². The summed E-state index contributed by atoms with van der Waals surface area (Å²) in [4.78, 5) is 20.1. The number of rotatable bonds is 9. The van der Waals surface area contributed by atoms with Gasteiger partial charge < -0.3 is 10.2 Å². The van der Waals surface area contributed by atoms with E-state index in [9.17, 15) is 4.79 Å². The van der Waals surface area contributed by atoms with Gasteiger partial charge in [-0.05, 0) is 36.1 Å². The largest absolute Gasteiger partial charge is 0.357 e.